The number of hydrogen-bond donors (Lipinski definition) is 2. The summed E-state index contributed by atoms with van der Waals surface area (Å²) in [6.45, 7) is 3.69. The van der Waals surface area contributed by atoms with Gasteiger partial charge in [0.05, 0.1) is 17.6 Å². The number of benzene rings is 1. The molecule has 2 aromatic rings. The molecule has 0 saturated heterocycles. The van der Waals surface area contributed by atoms with Crippen LogP contribution in [0.25, 0.3) is 0 Å². The summed E-state index contributed by atoms with van der Waals surface area (Å²) in [7, 11) is 0. The summed E-state index contributed by atoms with van der Waals surface area (Å²) in [6, 6.07) is 10.9. The lowest BCUT2D eigenvalue weighted by molar-refractivity contribution is 0.102. The average molecular weight is 285 g/mol. The molecule has 0 atom stereocenters. The van der Waals surface area contributed by atoms with Gasteiger partial charge in [0, 0.05) is 10.6 Å². The highest BCUT2D eigenvalue weighted by Crippen LogP contribution is 2.27. The Bertz CT molecular complexity index is 611. The van der Waals surface area contributed by atoms with E-state index < -0.39 is 0 Å². The minimum absolute atomic E-state index is 0.253. The molecule has 0 aliphatic heterocycles. The zero-order valence-electron chi connectivity index (χ0n) is 10.9. The van der Waals surface area contributed by atoms with Crippen LogP contribution in [-0.4, -0.2) is 16.6 Å². The van der Waals surface area contributed by atoms with Crippen molar-refractivity contribution in [2.45, 2.75) is 4.90 Å². The van der Waals surface area contributed by atoms with E-state index in [1.165, 1.54) is 6.20 Å². The van der Waals surface area contributed by atoms with Crippen molar-refractivity contribution < 1.29 is 4.79 Å². The van der Waals surface area contributed by atoms with Gasteiger partial charge in [-0.1, -0.05) is 18.2 Å². The first-order chi connectivity index (χ1) is 9.70. The van der Waals surface area contributed by atoms with Gasteiger partial charge in [0.1, 0.15) is 5.69 Å². The third-order valence-electron chi connectivity index (χ3n) is 2.51. The van der Waals surface area contributed by atoms with Gasteiger partial charge >= 0.3 is 0 Å². The quantitative estimate of drug-likeness (QED) is 0.654. The third kappa shape index (κ3) is 3.61. The highest BCUT2D eigenvalue weighted by Gasteiger charge is 2.09. The molecule has 0 saturated carbocycles. The van der Waals surface area contributed by atoms with Gasteiger partial charge in [-0.25, -0.2) is 4.98 Å². The van der Waals surface area contributed by atoms with Gasteiger partial charge in [0.15, 0.2) is 0 Å². The number of nitrogen functional groups attached to an aromatic ring is 1. The van der Waals surface area contributed by atoms with Crippen LogP contribution in [0, 0.1) is 0 Å². The number of para-hydroxylation sites is 1. The fourth-order valence-corrected chi connectivity index (χ4v) is 2.32. The van der Waals surface area contributed by atoms with Crippen LogP contribution in [0.2, 0.25) is 0 Å². The molecule has 0 radical (unpaired) electrons. The van der Waals surface area contributed by atoms with Crippen molar-refractivity contribution in [3.63, 3.8) is 0 Å². The minimum Gasteiger partial charge on any atom is -0.397 e. The first kappa shape index (κ1) is 14.1. The van der Waals surface area contributed by atoms with Crippen LogP contribution in [0.1, 0.15) is 10.5 Å². The van der Waals surface area contributed by atoms with Gasteiger partial charge in [-0.15, -0.1) is 18.3 Å². The highest BCUT2D eigenvalue weighted by molar-refractivity contribution is 7.99. The molecule has 0 aliphatic rings. The topological polar surface area (TPSA) is 68.0 Å². The van der Waals surface area contributed by atoms with Crippen molar-refractivity contribution in [1.29, 1.82) is 0 Å². The minimum atomic E-state index is -0.253. The Labute approximate surface area is 122 Å². The van der Waals surface area contributed by atoms with Crippen LogP contribution < -0.4 is 11.1 Å². The number of pyridine rings is 1. The number of hydrogen-bond acceptors (Lipinski definition) is 4. The van der Waals surface area contributed by atoms with Crippen molar-refractivity contribution in [2.75, 3.05) is 16.8 Å². The first-order valence-electron chi connectivity index (χ1n) is 6.06. The Hall–Kier alpha value is -2.27. The van der Waals surface area contributed by atoms with E-state index in [0.29, 0.717) is 11.4 Å². The summed E-state index contributed by atoms with van der Waals surface area (Å²) in [6.07, 6.45) is 3.29. The Kier molecular flexibility index (Phi) is 4.79. The highest BCUT2D eigenvalue weighted by atomic mass is 32.2. The summed E-state index contributed by atoms with van der Waals surface area (Å²) in [5.74, 6) is 0.532. The zero-order valence-corrected chi connectivity index (χ0v) is 11.7. The maximum absolute atomic E-state index is 12.1. The standard InChI is InChI=1S/C15H15N3OS/c1-2-9-20-14-6-4-3-5-12(14)18-15(19)13-8-7-11(16)10-17-13/h2-8,10H,1,9,16H2,(H,18,19). The second-order valence-electron chi connectivity index (χ2n) is 4.03. The molecular formula is C15H15N3OS. The molecule has 0 fully saturated rings. The smallest absolute Gasteiger partial charge is 0.274 e. The van der Waals surface area contributed by atoms with Crippen molar-refractivity contribution >= 4 is 29.0 Å². The molecule has 20 heavy (non-hydrogen) atoms. The van der Waals surface area contributed by atoms with Gasteiger partial charge in [-0.3, -0.25) is 4.79 Å². The molecule has 2 rings (SSSR count). The van der Waals surface area contributed by atoms with Crippen LogP contribution in [0.15, 0.2) is 60.1 Å². The van der Waals surface area contributed by atoms with Gasteiger partial charge < -0.3 is 11.1 Å². The summed E-state index contributed by atoms with van der Waals surface area (Å²) >= 11 is 1.61. The van der Waals surface area contributed by atoms with E-state index in [1.807, 2.05) is 30.3 Å². The molecule has 1 heterocycles. The van der Waals surface area contributed by atoms with E-state index in [-0.39, 0.29) is 5.91 Å². The fourth-order valence-electron chi connectivity index (χ4n) is 1.57. The largest absolute Gasteiger partial charge is 0.397 e. The van der Waals surface area contributed by atoms with Crippen LogP contribution in [0.5, 0.6) is 0 Å². The number of carbonyl (C=O) groups excluding carboxylic acids is 1. The fraction of sp³-hybridized carbons (Fsp3) is 0.0667. The SMILES string of the molecule is C=CCSc1ccccc1NC(=O)c1ccc(N)cn1. The van der Waals surface area contributed by atoms with Crippen molar-refractivity contribution in [3.8, 4) is 0 Å². The molecule has 4 nitrogen and oxygen atoms in total. The lowest BCUT2D eigenvalue weighted by atomic mass is 10.3. The van der Waals surface area contributed by atoms with Crippen molar-refractivity contribution in [3.05, 3.63) is 60.9 Å². The maximum atomic E-state index is 12.1. The molecule has 1 aromatic carbocycles. The molecule has 3 N–H and O–H groups in total. The molecule has 0 unspecified atom stereocenters. The van der Waals surface area contributed by atoms with E-state index >= 15 is 0 Å². The number of nitrogens with two attached hydrogens (primary N) is 1. The number of nitrogens with one attached hydrogen (secondary N) is 1. The number of rotatable bonds is 5. The Morgan fingerprint density at radius 3 is 2.85 bits per heavy atom. The first-order valence-corrected chi connectivity index (χ1v) is 7.05. The molecule has 5 heteroatoms. The lowest BCUT2D eigenvalue weighted by Crippen LogP contribution is -2.14. The molecule has 0 bridgehead atoms. The number of carbonyl (C=O) groups is 1. The summed E-state index contributed by atoms with van der Waals surface area (Å²) in [5.41, 5.74) is 7.18. The van der Waals surface area contributed by atoms with Crippen LogP contribution in [0.4, 0.5) is 11.4 Å². The number of aromatic nitrogens is 1. The van der Waals surface area contributed by atoms with E-state index in [4.69, 9.17) is 5.73 Å². The van der Waals surface area contributed by atoms with E-state index in [1.54, 1.807) is 23.9 Å². The second-order valence-corrected chi connectivity index (χ2v) is 5.09. The number of amides is 1. The van der Waals surface area contributed by atoms with Crippen LogP contribution in [0.3, 0.4) is 0 Å². The van der Waals surface area contributed by atoms with Crippen molar-refractivity contribution in [2.24, 2.45) is 0 Å². The zero-order chi connectivity index (χ0) is 14.4. The summed E-state index contributed by atoms with van der Waals surface area (Å²) in [4.78, 5) is 17.1. The van der Waals surface area contributed by atoms with Gasteiger partial charge in [0.2, 0.25) is 0 Å². The van der Waals surface area contributed by atoms with E-state index in [2.05, 4.69) is 16.9 Å². The monoisotopic (exact) mass is 285 g/mol. The van der Waals surface area contributed by atoms with Gasteiger partial charge in [-0.2, -0.15) is 0 Å². The molecular weight excluding hydrogens is 270 g/mol. The predicted octanol–water partition coefficient (Wildman–Crippen LogP) is 3.19. The van der Waals surface area contributed by atoms with Gasteiger partial charge in [-0.05, 0) is 24.3 Å². The maximum Gasteiger partial charge on any atom is 0.274 e. The molecule has 0 spiro atoms. The van der Waals surface area contributed by atoms with Crippen molar-refractivity contribution in [1.82, 2.24) is 4.98 Å². The van der Waals surface area contributed by atoms with Gasteiger partial charge in [0.25, 0.3) is 5.91 Å². The molecule has 1 amide bonds. The summed E-state index contributed by atoms with van der Waals surface area (Å²) in [5, 5.41) is 2.86. The lowest BCUT2D eigenvalue weighted by Gasteiger charge is -2.09. The van der Waals surface area contributed by atoms with E-state index in [9.17, 15) is 4.79 Å². The number of nitrogens with zero attached hydrogens (tertiary/aromatic N) is 1. The number of thioether (sulfide) groups is 1. The normalized spacial score (nSPS) is 10.0. The summed E-state index contributed by atoms with van der Waals surface area (Å²) < 4.78 is 0. The second kappa shape index (κ2) is 6.77. The average Bonchev–Trinajstić information content (AvgIpc) is 2.47. The Morgan fingerprint density at radius 2 is 2.15 bits per heavy atom. The molecule has 1 aromatic heterocycles. The molecule has 102 valence electrons. The third-order valence-corrected chi connectivity index (χ3v) is 3.58. The van der Waals surface area contributed by atoms with Crippen LogP contribution in [-0.2, 0) is 0 Å². The Morgan fingerprint density at radius 1 is 1.35 bits per heavy atom. The van der Waals surface area contributed by atoms with Crippen LogP contribution >= 0.6 is 11.8 Å². The Balaban J connectivity index is 2.15. The predicted molar refractivity (Wildman–Crippen MR) is 84.0 cm³/mol. The number of anilines is 2. The molecule has 0 aliphatic carbocycles. The van der Waals surface area contributed by atoms with E-state index in [0.717, 1.165) is 16.3 Å².